The molecule has 0 amide bonds. The van der Waals surface area contributed by atoms with E-state index in [9.17, 15) is 9.18 Å². The maximum absolute atomic E-state index is 14.8. The van der Waals surface area contributed by atoms with E-state index in [1.165, 1.54) is 18.8 Å². The van der Waals surface area contributed by atoms with Crippen LogP contribution < -0.4 is 11.4 Å². The predicted octanol–water partition coefficient (Wildman–Crippen LogP) is 0.876. The summed E-state index contributed by atoms with van der Waals surface area (Å²) in [6.45, 7) is 0.157. The number of nitrogen functional groups attached to an aromatic ring is 1. The summed E-state index contributed by atoms with van der Waals surface area (Å²) in [6, 6.07) is 6.90. The molecular weight excluding hydrogens is 305 g/mol. The molecule has 1 aromatic carbocycles. The van der Waals surface area contributed by atoms with Crippen molar-refractivity contribution in [3.63, 3.8) is 0 Å². The number of alkyl halides is 1. The summed E-state index contributed by atoms with van der Waals surface area (Å²) in [5.74, 6) is 0.104. The Morgan fingerprint density at radius 1 is 1.39 bits per heavy atom. The lowest BCUT2D eigenvalue weighted by Gasteiger charge is -2.19. The number of hydrogen-bond donors (Lipinski definition) is 1. The van der Waals surface area contributed by atoms with Gasteiger partial charge in [0.25, 0.3) is 0 Å². The van der Waals surface area contributed by atoms with E-state index < -0.39 is 30.3 Å². The highest BCUT2D eigenvalue weighted by Gasteiger charge is 2.47. The number of halogens is 1. The molecule has 1 saturated heterocycles. The summed E-state index contributed by atoms with van der Waals surface area (Å²) in [7, 11) is 2.89. The first-order chi connectivity index (χ1) is 11.1. The third kappa shape index (κ3) is 2.58. The highest BCUT2D eigenvalue weighted by molar-refractivity contribution is 5.88. The Hall–Kier alpha value is -2.03. The topological polar surface area (TPSA) is 88.6 Å². The van der Waals surface area contributed by atoms with Crippen LogP contribution in [0.2, 0.25) is 0 Å². The number of para-hydroxylation sites is 1. The van der Waals surface area contributed by atoms with E-state index in [4.69, 9.17) is 19.9 Å². The van der Waals surface area contributed by atoms with Gasteiger partial charge in [0.05, 0.1) is 12.1 Å². The van der Waals surface area contributed by atoms with Crippen molar-refractivity contribution in [2.45, 2.75) is 24.6 Å². The fourth-order valence-corrected chi connectivity index (χ4v) is 2.95. The van der Waals surface area contributed by atoms with Crippen LogP contribution in [0.3, 0.4) is 0 Å². The molecule has 2 N–H and O–H groups in total. The number of rotatable bonds is 4. The zero-order valence-electron chi connectivity index (χ0n) is 12.8. The van der Waals surface area contributed by atoms with Crippen molar-refractivity contribution in [3.8, 4) is 0 Å². The summed E-state index contributed by atoms with van der Waals surface area (Å²) in [4.78, 5) is 16.1. The summed E-state index contributed by atoms with van der Waals surface area (Å²) < 4.78 is 31.9. The lowest BCUT2D eigenvalue weighted by molar-refractivity contribution is -0.0611. The molecule has 4 atom stereocenters. The highest BCUT2D eigenvalue weighted by atomic mass is 19.1. The zero-order valence-corrected chi connectivity index (χ0v) is 12.8. The van der Waals surface area contributed by atoms with Gasteiger partial charge < -0.3 is 19.9 Å². The zero-order chi connectivity index (χ0) is 16.6. The summed E-state index contributed by atoms with van der Waals surface area (Å²) in [5, 5.41) is 0.562. The minimum atomic E-state index is -1.54. The first-order valence-electron chi connectivity index (χ1n) is 7.16. The van der Waals surface area contributed by atoms with E-state index in [0.717, 1.165) is 0 Å². The number of methoxy groups -OCH3 is 2. The molecule has 1 aliphatic rings. The molecule has 3 rings (SSSR count). The Balaban J connectivity index is 2.12. The average Bonchev–Trinajstić information content (AvgIpc) is 2.84. The third-order valence-electron chi connectivity index (χ3n) is 3.99. The Bertz CT molecular complexity index is 766. The van der Waals surface area contributed by atoms with Gasteiger partial charge in [-0.05, 0) is 12.1 Å². The van der Waals surface area contributed by atoms with Gasteiger partial charge in [0.15, 0.2) is 12.4 Å². The molecule has 7 nitrogen and oxygen atoms in total. The molecule has 0 radical (unpaired) electrons. The predicted molar refractivity (Wildman–Crippen MR) is 81.9 cm³/mol. The molecule has 1 fully saturated rings. The monoisotopic (exact) mass is 323 g/mol. The van der Waals surface area contributed by atoms with Gasteiger partial charge in [0, 0.05) is 19.6 Å². The SMILES string of the molecule is COC[C@H]1O[C@@H](n2c(=O)nc(N)c3ccccc32)[C@H](F)[C@@H]1OC. The van der Waals surface area contributed by atoms with Gasteiger partial charge in [-0.25, -0.2) is 9.18 Å². The molecule has 0 unspecified atom stereocenters. The van der Waals surface area contributed by atoms with Crippen LogP contribution >= 0.6 is 0 Å². The Morgan fingerprint density at radius 3 is 2.83 bits per heavy atom. The van der Waals surface area contributed by atoms with E-state index in [-0.39, 0.29) is 12.4 Å². The van der Waals surface area contributed by atoms with Crippen LogP contribution in [0, 0.1) is 0 Å². The van der Waals surface area contributed by atoms with E-state index in [2.05, 4.69) is 4.98 Å². The molecule has 0 bridgehead atoms. The summed E-state index contributed by atoms with van der Waals surface area (Å²) >= 11 is 0. The van der Waals surface area contributed by atoms with Crippen LogP contribution in [0.1, 0.15) is 6.23 Å². The number of nitrogens with two attached hydrogens (primary N) is 1. The van der Waals surface area contributed by atoms with Crippen LogP contribution in [-0.2, 0) is 14.2 Å². The molecule has 2 aromatic rings. The maximum Gasteiger partial charge on any atom is 0.352 e. The first-order valence-corrected chi connectivity index (χ1v) is 7.16. The van der Waals surface area contributed by atoms with Crippen molar-refractivity contribution in [3.05, 3.63) is 34.7 Å². The number of benzene rings is 1. The second kappa shape index (κ2) is 6.23. The lowest BCUT2D eigenvalue weighted by atomic mass is 10.1. The third-order valence-corrected chi connectivity index (χ3v) is 3.99. The number of ether oxygens (including phenoxy) is 3. The van der Waals surface area contributed by atoms with Gasteiger partial charge >= 0.3 is 5.69 Å². The van der Waals surface area contributed by atoms with E-state index in [0.29, 0.717) is 10.9 Å². The molecule has 1 aromatic heterocycles. The van der Waals surface area contributed by atoms with Gasteiger partial charge in [0.2, 0.25) is 0 Å². The minimum absolute atomic E-state index is 0.104. The smallest absolute Gasteiger partial charge is 0.352 e. The molecule has 0 saturated carbocycles. The molecule has 0 aliphatic carbocycles. The normalized spacial score (nSPS) is 27.6. The number of aromatic nitrogens is 2. The van der Waals surface area contributed by atoms with Gasteiger partial charge in [-0.1, -0.05) is 12.1 Å². The number of nitrogens with zero attached hydrogens (tertiary/aromatic N) is 2. The van der Waals surface area contributed by atoms with E-state index in [1.54, 1.807) is 24.3 Å². The van der Waals surface area contributed by atoms with Gasteiger partial charge in [-0.3, -0.25) is 4.57 Å². The van der Waals surface area contributed by atoms with Gasteiger partial charge in [-0.2, -0.15) is 4.98 Å². The second-order valence-corrected chi connectivity index (χ2v) is 5.33. The number of hydrogen-bond acceptors (Lipinski definition) is 6. The van der Waals surface area contributed by atoms with Crippen LogP contribution in [0.5, 0.6) is 0 Å². The fraction of sp³-hybridized carbons (Fsp3) is 0.467. The summed E-state index contributed by atoms with van der Waals surface area (Å²) in [5.41, 5.74) is 5.58. The van der Waals surface area contributed by atoms with Crippen molar-refractivity contribution in [2.75, 3.05) is 26.6 Å². The largest absolute Gasteiger partial charge is 0.383 e. The average molecular weight is 323 g/mol. The standard InChI is InChI=1S/C15H18FN3O4/c1-21-7-10-12(22-2)11(16)14(23-10)19-9-6-4-3-5-8(9)13(17)18-15(19)20/h3-6,10-12,14H,7H2,1-2H3,(H2,17,18,20)/t10-,11-,12-,14-/m1/s1. The minimum Gasteiger partial charge on any atom is -0.383 e. The van der Waals surface area contributed by atoms with Crippen molar-refractivity contribution in [1.82, 2.24) is 9.55 Å². The fourth-order valence-electron chi connectivity index (χ4n) is 2.95. The number of fused-ring (bicyclic) bond motifs is 1. The Kier molecular flexibility index (Phi) is 4.29. The van der Waals surface area contributed by atoms with Crippen LogP contribution in [-0.4, -0.2) is 48.8 Å². The van der Waals surface area contributed by atoms with Crippen molar-refractivity contribution in [1.29, 1.82) is 0 Å². The molecule has 124 valence electrons. The van der Waals surface area contributed by atoms with Crippen molar-refractivity contribution < 1.29 is 18.6 Å². The van der Waals surface area contributed by atoms with E-state index in [1.807, 2.05) is 0 Å². The van der Waals surface area contributed by atoms with Crippen molar-refractivity contribution >= 4 is 16.7 Å². The molecule has 0 spiro atoms. The van der Waals surface area contributed by atoms with Crippen LogP contribution in [0.4, 0.5) is 10.2 Å². The molecular formula is C15H18FN3O4. The second-order valence-electron chi connectivity index (χ2n) is 5.33. The quantitative estimate of drug-likeness (QED) is 0.898. The molecule has 2 heterocycles. The summed E-state index contributed by atoms with van der Waals surface area (Å²) in [6.07, 6.45) is -4.13. The Morgan fingerprint density at radius 2 is 2.13 bits per heavy atom. The first kappa shape index (κ1) is 15.9. The van der Waals surface area contributed by atoms with E-state index >= 15 is 0 Å². The molecule has 23 heavy (non-hydrogen) atoms. The van der Waals surface area contributed by atoms with Gasteiger partial charge in [0.1, 0.15) is 18.0 Å². The highest BCUT2D eigenvalue weighted by Crippen LogP contribution is 2.34. The Labute approximate surface area is 131 Å². The maximum atomic E-state index is 14.8. The molecule has 8 heteroatoms. The lowest BCUT2D eigenvalue weighted by Crippen LogP contribution is -2.35. The van der Waals surface area contributed by atoms with Crippen molar-refractivity contribution in [2.24, 2.45) is 0 Å². The molecule has 1 aliphatic heterocycles. The van der Waals surface area contributed by atoms with Gasteiger partial charge in [-0.15, -0.1) is 0 Å². The number of anilines is 1. The van der Waals surface area contributed by atoms with Crippen LogP contribution in [0.25, 0.3) is 10.9 Å². The van der Waals surface area contributed by atoms with Crippen LogP contribution in [0.15, 0.2) is 29.1 Å².